The van der Waals surface area contributed by atoms with Crippen molar-refractivity contribution in [3.63, 3.8) is 0 Å². The lowest BCUT2D eigenvalue weighted by molar-refractivity contribution is -0.404. The number of fused-ring (bicyclic) bond motifs is 2. The van der Waals surface area contributed by atoms with Crippen molar-refractivity contribution in [2.75, 3.05) is 73.7 Å². The number of thioether (sulfide) groups is 2. The smallest absolute Gasteiger partial charge is 0.387 e. The average molecular weight is 1410 g/mol. The molecule has 0 aliphatic rings. The van der Waals surface area contributed by atoms with Gasteiger partial charge < -0.3 is 66.4 Å². The number of rotatable bonds is 32. The molecule has 6 aromatic heterocycles. The van der Waals surface area contributed by atoms with E-state index in [-0.39, 0.29) is 28.5 Å². The molecule has 2 atom stereocenters. The van der Waals surface area contributed by atoms with E-state index < -0.39 is 43.3 Å². The molecule has 0 bridgehead atoms. The highest BCUT2D eigenvalue weighted by Gasteiger charge is 2.19. The van der Waals surface area contributed by atoms with Gasteiger partial charge in [-0.2, -0.15) is 45.7 Å². The molecule has 0 saturated heterocycles. The van der Waals surface area contributed by atoms with E-state index in [2.05, 4.69) is 74.9 Å². The second-order valence-electron chi connectivity index (χ2n) is 18.8. The molecular weight excluding hydrogens is 1340 g/mol. The van der Waals surface area contributed by atoms with Crippen LogP contribution < -0.4 is 51.9 Å². The number of aromatic amines is 2. The zero-order valence-corrected chi connectivity index (χ0v) is 56.7. The minimum atomic E-state index is -3.92. The number of aliphatic imine (C=N–C) groups is 1. The third-order valence-electron chi connectivity index (χ3n) is 11.5. The number of amidine groups is 1. The van der Waals surface area contributed by atoms with Gasteiger partial charge in [0, 0.05) is 111 Å². The molecule has 0 amide bonds. The van der Waals surface area contributed by atoms with Gasteiger partial charge in [0.05, 0.1) is 104 Å². The maximum atomic E-state index is 12.7. The number of nitrogens with two attached hydrogens (primary N) is 4. The second-order valence-corrected chi connectivity index (χ2v) is 26.7. The molecule has 29 nitrogen and oxygen atoms in total. The molecule has 92 heavy (non-hydrogen) atoms. The van der Waals surface area contributed by atoms with Crippen LogP contribution in [0.4, 0.5) is 13.9 Å². The topological polar surface area (TPSA) is 423 Å². The van der Waals surface area contributed by atoms with Crippen LogP contribution in [-0.4, -0.2) is 159 Å². The Kier molecular flexibility index (Phi) is 31.8. The molecular formula is C54H72F2N18O11S7. The summed E-state index contributed by atoms with van der Waals surface area (Å²) < 4.78 is 100.0. The number of nitro groups is 1. The third-order valence-corrected chi connectivity index (χ3v) is 18.0. The number of aromatic nitrogens is 8. The monoisotopic (exact) mass is 1410 g/mol. The number of imidazole rings is 2. The number of pyridine rings is 2. The summed E-state index contributed by atoms with van der Waals surface area (Å²) >= 11 is 6.30. The van der Waals surface area contributed by atoms with E-state index in [1.54, 1.807) is 49.5 Å². The zero-order valence-electron chi connectivity index (χ0n) is 51.0. The number of methoxy groups -OCH3 is 3. The Bertz CT molecular complexity index is 3850. The predicted octanol–water partition coefficient (Wildman–Crippen LogP) is 6.43. The highest BCUT2D eigenvalue weighted by Crippen LogP contribution is 2.31. The van der Waals surface area contributed by atoms with Gasteiger partial charge in [-0.1, -0.05) is 12.1 Å². The first-order valence-electron chi connectivity index (χ1n) is 27.2. The molecule has 0 aliphatic carbocycles. The van der Waals surface area contributed by atoms with Crippen LogP contribution in [0.1, 0.15) is 46.2 Å². The van der Waals surface area contributed by atoms with Gasteiger partial charge in [-0.15, -0.1) is 27.1 Å². The van der Waals surface area contributed by atoms with Gasteiger partial charge in [0.1, 0.15) is 22.3 Å². The number of benzene rings is 2. The van der Waals surface area contributed by atoms with Crippen LogP contribution in [0.15, 0.2) is 109 Å². The van der Waals surface area contributed by atoms with E-state index in [1.807, 2.05) is 56.7 Å². The van der Waals surface area contributed by atoms with Crippen molar-refractivity contribution in [2.24, 2.45) is 31.7 Å². The van der Waals surface area contributed by atoms with Crippen molar-refractivity contribution in [2.45, 2.75) is 66.2 Å². The molecule has 2 aromatic carbocycles. The lowest BCUT2D eigenvalue weighted by atomic mass is 10.2. The molecule has 500 valence electrons. The van der Waals surface area contributed by atoms with Crippen molar-refractivity contribution < 1.29 is 54.2 Å². The van der Waals surface area contributed by atoms with Crippen LogP contribution in [0, 0.1) is 17.0 Å². The van der Waals surface area contributed by atoms with Crippen molar-refractivity contribution in [1.82, 2.24) is 55.4 Å². The lowest BCUT2D eigenvalue weighted by Gasteiger charge is -2.11. The first-order chi connectivity index (χ1) is 44.0. The van der Waals surface area contributed by atoms with Crippen molar-refractivity contribution in [3.05, 3.63) is 133 Å². The highest BCUT2D eigenvalue weighted by atomic mass is 32.2. The maximum absolute atomic E-state index is 12.7. The number of hydrogen-bond donors (Lipinski definition) is 8. The van der Waals surface area contributed by atoms with Gasteiger partial charge in [0.2, 0.25) is 5.13 Å². The Hall–Kier alpha value is -7.69. The number of nitrogens with one attached hydrogen (secondary N) is 4. The summed E-state index contributed by atoms with van der Waals surface area (Å²) in [5.74, 6) is 5.29. The normalized spacial score (nSPS) is 12.2. The zero-order chi connectivity index (χ0) is 67.2. The van der Waals surface area contributed by atoms with Crippen LogP contribution >= 0.6 is 46.2 Å². The van der Waals surface area contributed by atoms with Crippen LogP contribution in [0.3, 0.4) is 0 Å². The molecule has 38 heteroatoms. The largest absolute Gasteiger partial charge is 0.493 e. The number of hydrogen-bond acceptors (Lipinski definition) is 25. The van der Waals surface area contributed by atoms with Gasteiger partial charge in [-0.25, -0.2) is 25.1 Å². The molecule has 8 rings (SSSR count). The quantitative estimate of drug-likeness (QED) is 0.00740. The Morgan fingerprint density at radius 3 is 2.13 bits per heavy atom. The summed E-state index contributed by atoms with van der Waals surface area (Å²) in [6.07, 6.45) is 5.29. The van der Waals surface area contributed by atoms with Crippen molar-refractivity contribution in [3.8, 4) is 23.0 Å². The summed E-state index contributed by atoms with van der Waals surface area (Å²) in [6, 6.07) is 15.4. The van der Waals surface area contributed by atoms with Crippen LogP contribution in [0.25, 0.3) is 22.1 Å². The number of H-pyrrole nitrogens is 2. The van der Waals surface area contributed by atoms with Crippen LogP contribution in [0.2, 0.25) is 0 Å². The number of ether oxygens (including phenoxy) is 5. The fourth-order valence-electron chi connectivity index (χ4n) is 7.46. The van der Waals surface area contributed by atoms with E-state index >= 15 is 0 Å². The average Bonchev–Trinajstić information content (AvgIpc) is 1.68. The summed E-state index contributed by atoms with van der Waals surface area (Å²) in [7, 11) is 3.57. The minimum absolute atomic E-state index is 0.00962. The number of alkyl halides is 2. The first-order valence-corrected chi connectivity index (χ1v) is 35.4. The molecule has 0 radical (unpaired) electrons. The van der Waals surface area contributed by atoms with Gasteiger partial charge in [0.15, 0.2) is 33.6 Å². The van der Waals surface area contributed by atoms with Gasteiger partial charge in [0.25, 0.3) is 6.20 Å². The predicted molar refractivity (Wildman–Crippen MR) is 358 cm³/mol. The Labute approximate surface area is 551 Å². The highest BCUT2D eigenvalue weighted by molar-refractivity contribution is 7.98. The van der Waals surface area contributed by atoms with E-state index in [1.165, 1.54) is 61.7 Å². The molecule has 0 fully saturated rings. The van der Waals surface area contributed by atoms with E-state index in [0.29, 0.717) is 87.8 Å². The Balaban J connectivity index is 0.000000224. The first kappa shape index (κ1) is 75.0. The molecule has 2 unspecified atom stereocenters. The summed E-state index contributed by atoms with van der Waals surface area (Å²) in [5.41, 5.74) is 22.6. The SMILES string of the molecule is CN/C(=C\[N+](=O)[O-])NCCSCc1csc(CN(C)C)n1.COCCCOc1ccnc(CS(=O)c2nc3ccccc3[nH]2)c1C.COc1ccnc(CS(=O)c2nc3ccc(OC(F)F)cc3[nH]2)c1OC.NC(N)=Nc1nc(CSCCC(N)=NS(N)(=O)=O)cs1. The maximum Gasteiger partial charge on any atom is 0.387 e. The number of thiazole rings is 2. The number of halogens is 2. The van der Waals surface area contributed by atoms with Gasteiger partial charge >= 0.3 is 16.8 Å². The van der Waals surface area contributed by atoms with Crippen molar-refractivity contribution >= 4 is 117 Å². The lowest BCUT2D eigenvalue weighted by Crippen LogP contribution is -2.26. The van der Waals surface area contributed by atoms with Gasteiger partial charge in [-0.3, -0.25) is 28.5 Å². The molecule has 0 spiro atoms. The van der Waals surface area contributed by atoms with Gasteiger partial charge in [-0.05, 0) is 51.4 Å². The van der Waals surface area contributed by atoms with E-state index in [9.17, 15) is 35.7 Å². The van der Waals surface area contributed by atoms with E-state index in [4.69, 9.17) is 41.3 Å². The number of guanidine groups is 1. The van der Waals surface area contributed by atoms with Crippen LogP contribution in [0.5, 0.6) is 23.0 Å². The summed E-state index contributed by atoms with van der Waals surface area (Å²) in [4.78, 5) is 47.7. The van der Waals surface area contributed by atoms with Crippen LogP contribution in [-0.2, 0) is 66.1 Å². The molecule has 6 heterocycles. The standard InChI is InChI=1S/C18H21N3O3S.C16H15F2N3O4S.C12H21N5O2S2.C8H15N7O2S3/c1-13-16(19-9-8-17(13)24-11-5-10-23-2)12-25(22)18-20-14-6-3-4-7-15(14)21-18;1-23-13-5-6-19-12(14(13)24-2)8-26(22)16-20-10-4-3-9(25-15(17)18)7-11(10)21-16;1-13-11(6-17(18)19)14-4-5-20-8-10-9-21-12(15-10)7-16(2)3;9-6(15-20(12,16)17)1-2-18-3-5-4-19-8(13-5)14-7(10)11/h3-4,6-9H,5,10-12H2,1-2H3,(H,20,21);3-7,15H,8H2,1-2H3,(H,20,21);6,9,13-14H,4-5,7-8H2,1-3H3;4H,1-3H2,(H2,9,15)(H2,12,16,17)(H4,10,11,13,14)/b;;11-6+;. The fourth-order valence-corrected chi connectivity index (χ4v) is 13.4. The molecule has 0 aliphatic heterocycles. The fraction of sp³-hybridized carbons (Fsp3) is 0.370. The van der Waals surface area contributed by atoms with Crippen molar-refractivity contribution in [1.29, 1.82) is 0 Å². The number of nitrogens with zero attached hydrogens (tertiary/aromatic N) is 10. The summed E-state index contributed by atoms with van der Waals surface area (Å²) in [6.45, 7) is 1.78. The third kappa shape index (κ3) is 26.9. The molecule has 0 saturated carbocycles. The number of para-hydroxylation sites is 2. The summed E-state index contributed by atoms with van der Waals surface area (Å²) in [5, 5.41) is 27.0. The second kappa shape index (κ2) is 39.0. The Morgan fingerprint density at radius 2 is 1.50 bits per heavy atom. The van der Waals surface area contributed by atoms with E-state index in [0.717, 1.165) is 75.1 Å². The Morgan fingerprint density at radius 1 is 0.859 bits per heavy atom. The molecule has 8 aromatic rings. The molecule has 12 N–H and O–H groups in total. The minimum Gasteiger partial charge on any atom is -0.493 e.